The quantitative estimate of drug-likeness (QED) is 0.627. The monoisotopic (exact) mass is 194 g/mol. The highest BCUT2D eigenvalue weighted by molar-refractivity contribution is 5.04. The summed E-state index contributed by atoms with van der Waals surface area (Å²) < 4.78 is 5.83. The number of ether oxygens (including phenoxy) is 1. The average Bonchev–Trinajstić information content (AvgIpc) is 2.64. The van der Waals surface area contributed by atoms with Gasteiger partial charge in [0.25, 0.3) is 0 Å². The van der Waals surface area contributed by atoms with Gasteiger partial charge in [-0.3, -0.25) is 0 Å². The lowest BCUT2D eigenvalue weighted by Gasteiger charge is -2.39. The summed E-state index contributed by atoms with van der Waals surface area (Å²) in [5, 5.41) is 0. The third-order valence-electron chi connectivity index (χ3n) is 4.85. The Morgan fingerprint density at radius 2 is 2.14 bits per heavy atom. The van der Waals surface area contributed by atoms with Crippen LogP contribution in [0.3, 0.4) is 0 Å². The van der Waals surface area contributed by atoms with E-state index >= 15 is 0 Å². The summed E-state index contributed by atoms with van der Waals surface area (Å²) in [6.45, 7) is 11.7. The van der Waals surface area contributed by atoms with Crippen LogP contribution in [0.4, 0.5) is 0 Å². The second kappa shape index (κ2) is 3.37. The molecule has 2 rings (SSSR count). The van der Waals surface area contributed by atoms with Crippen molar-refractivity contribution in [1.82, 2.24) is 0 Å². The maximum absolute atomic E-state index is 5.83. The molecular weight excluding hydrogens is 172 g/mol. The van der Waals surface area contributed by atoms with Crippen LogP contribution < -0.4 is 0 Å². The summed E-state index contributed by atoms with van der Waals surface area (Å²) >= 11 is 0. The molecule has 0 aliphatic heterocycles. The van der Waals surface area contributed by atoms with Crippen molar-refractivity contribution in [2.45, 2.75) is 39.7 Å². The van der Waals surface area contributed by atoms with Crippen LogP contribution in [0, 0.1) is 23.2 Å². The zero-order valence-corrected chi connectivity index (χ0v) is 9.62. The van der Waals surface area contributed by atoms with Gasteiger partial charge >= 0.3 is 0 Å². The normalized spacial score (nSPS) is 44.2. The summed E-state index contributed by atoms with van der Waals surface area (Å²) in [7, 11) is 0. The fourth-order valence-electron chi connectivity index (χ4n) is 3.47. The van der Waals surface area contributed by atoms with Crippen LogP contribution in [-0.4, -0.2) is 12.7 Å². The molecule has 0 aromatic carbocycles. The minimum absolute atomic E-state index is 0.515. The molecule has 0 aromatic rings. The maximum atomic E-state index is 5.83. The van der Waals surface area contributed by atoms with Crippen LogP contribution in [0.2, 0.25) is 0 Å². The van der Waals surface area contributed by atoms with Gasteiger partial charge in [0.1, 0.15) is 0 Å². The Morgan fingerprint density at radius 3 is 2.64 bits per heavy atom. The van der Waals surface area contributed by atoms with Crippen LogP contribution in [0.25, 0.3) is 0 Å². The first kappa shape index (κ1) is 10.2. The topological polar surface area (TPSA) is 9.23 Å². The number of hydrogen-bond donors (Lipinski definition) is 0. The number of rotatable bonds is 3. The van der Waals surface area contributed by atoms with Gasteiger partial charge in [0, 0.05) is 0 Å². The Morgan fingerprint density at radius 1 is 1.43 bits per heavy atom. The van der Waals surface area contributed by atoms with Crippen molar-refractivity contribution in [1.29, 1.82) is 0 Å². The van der Waals surface area contributed by atoms with Gasteiger partial charge in [-0.15, -0.1) is 6.58 Å². The summed E-state index contributed by atoms with van der Waals surface area (Å²) in [5.41, 5.74) is 0.540. The van der Waals surface area contributed by atoms with Crippen molar-refractivity contribution in [3.05, 3.63) is 12.7 Å². The van der Waals surface area contributed by atoms with Crippen molar-refractivity contribution >= 4 is 0 Å². The Hall–Kier alpha value is -0.300. The summed E-state index contributed by atoms with van der Waals surface area (Å²) in [6, 6.07) is 0. The molecule has 0 aromatic heterocycles. The summed E-state index contributed by atoms with van der Waals surface area (Å²) in [4.78, 5) is 0. The molecule has 4 atom stereocenters. The second-order valence-corrected chi connectivity index (χ2v) is 5.60. The Labute approximate surface area is 87.5 Å². The first-order valence-electron chi connectivity index (χ1n) is 5.80. The third kappa shape index (κ3) is 1.33. The Balaban J connectivity index is 2.01. The largest absolute Gasteiger partial charge is 0.374 e. The molecule has 1 nitrogen and oxygen atoms in total. The van der Waals surface area contributed by atoms with Crippen LogP contribution in [0.5, 0.6) is 0 Å². The van der Waals surface area contributed by atoms with Crippen molar-refractivity contribution in [3.63, 3.8) is 0 Å². The van der Waals surface area contributed by atoms with Crippen LogP contribution in [0.1, 0.15) is 33.6 Å². The SMILES string of the molecule is C=CCO[C@H]1C[C@H]2C[C@@H]1[C@H](C)C2(C)C. The molecule has 0 unspecified atom stereocenters. The lowest BCUT2D eigenvalue weighted by Crippen LogP contribution is -2.36. The van der Waals surface area contributed by atoms with E-state index in [9.17, 15) is 0 Å². The van der Waals surface area contributed by atoms with E-state index in [1.54, 1.807) is 0 Å². The van der Waals surface area contributed by atoms with E-state index in [4.69, 9.17) is 4.74 Å². The van der Waals surface area contributed by atoms with Crippen molar-refractivity contribution in [3.8, 4) is 0 Å². The molecule has 2 aliphatic carbocycles. The molecule has 2 fully saturated rings. The minimum atomic E-state index is 0.515. The van der Waals surface area contributed by atoms with E-state index in [0.29, 0.717) is 11.5 Å². The molecule has 0 radical (unpaired) electrons. The smallest absolute Gasteiger partial charge is 0.0648 e. The molecule has 0 spiro atoms. The van der Waals surface area contributed by atoms with E-state index in [-0.39, 0.29) is 0 Å². The van der Waals surface area contributed by atoms with Crippen LogP contribution in [-0.2, 0) is 4.74 Å². The van der Waals surface area contributed by atoms with Crippen LogP contribution >= 0.6 is 0 Å². The van der Waals surface area contributed by atoms with Gasteiger partial charge in [-0.05, 0) is 36.0 Å². The Kier molecular flexibility index (Phi) is 2.46. The molecule has 80 valence electrons. The van der Waals surface area contributed by atoms with Gasteiger partial charge in [-0.1, -0.05) is 26.8 Å². The highest BCUT2D eigenvalue weighted by Gasteiger charge is 2.55. The molecule has 14 heavy (non-hydrogen) atoms. The molecule has 0 heterocycles. The predicted molar refractivity (Wildman–Crippen MR) is 59.1 cm³/mol. The van der Waals surface area contributed by atoms with Gasteiger partial charge in [-0.2, -0.15) is 0 Å². The highest BCUT2D eigenvalue weighted by atomic mass is 16.5. The first-order valence-corrected chi connectivity index (χ1v) is 5.80. The molecule has 2 aliphatic rings. The molecular formula is C13H22O. The van der Waals surface area contributed by atoms with E-state index in [2.05, 4.69) is 27.4 Å². The van der Waals surface area contributed by atoms with Gasteiger partial charge in [-0.25, -0.2) is 0 Å². The van der Waals surface area contributed by atoms with Gasteiger partial charge in [0.15, 0.2) is 0 Å². The molecule has 0 saturated heterocycles. The van der Waals surface area contributed by atoms with Crippen molar-refractivity contribution in [2.75, 3.05) is 6.61 Å². The van der Waals surface area contributed by atoms with E-state index in [0.717, 1.165) is 24.4 Å². The standard InChI is InChI=1S/C13H22O/c1-5-6-14-12-8-10-7-11(12)9(2)13(10,3)4/h5,9-12H,1,6-8H2,2-4H3/t9-,10+,11+,12-/m0/s1. The summed E-state index contributed by atoms with van der Waals surface area (Å²) in [5.74, 6) is 2.50. The Bertz CT molecular complexity index is 227. The van der Waals surface area contributed by atoms with Gasteiger partial charge in [0.2, 0.25) is 0 Å². The second-order valence-electron chi connectivity index (χ2n) is 5.60. The highest BCUT2D eigenvalue weighted by Crippen LogP contribution is 2.59. The fourth-order valence-corrected chi connectivity index (χ4v) is 3.47. The van der Waals surface area contributed by atoms with Crippen molar-refractivity contribution < 1.29 is 4.74 Å². The predicted octanol–water partition coefficient (Wildman–Crippen LogP) is 3.26. The van der Waals surface area contributed by atoms with E-state index in [1.165, 1.54) is 12.8 Å². The average molecular weight is 194 g/mol. The minimum Gasteiger partial charge on any atom is -0.374 e. The fraction of sp³-hybridized carbons (Fsp3) is 0.846. The molecule has 0 N–H and O–H groups in total. The molecule has 1 heteroatoms. The lowest BCUT2D eigenvalue weighted by atomic mass is 9.69. The van der Waals surface area contributed by atoms with Gasteiger partial charge < -0.3 is 4.74 Å². The molecule has 2 saturated carbocycles. The van der Waals surface area contributed by atoms with Crippen LogP contribution in [0.15, 0.2) is 12.7 Å². The third-order valence-corrected chi connectivity index (χ3v) is 4.85. The summed E-state index contributed by atoms with van der Waals surface area (Å²) in [6.07, 6.45) is 5.04. The van der Waals surface area contributed by atoms with E-state index < -0.39 is 0 Å². The molecule has 2 bridgehead atoms. The maximum Gasteiger partial charge on any atom is 0.0648 e. The number of fused-ring (bicyclic) bond motifs is 2. The van der Waals surface area contributed by atoms with E-state index in [1.807, 2.05) is 6.08 Å². The van der Waals surface area contributed by atoms with Crippen molar-refractivity contribution in [2.24, 2.45) is 23.2 Å². The zero-order valence-electron chi connectivity index (χ0n) is 9.62. The zero-order chi connectivity index (χ0) is 10.3. The first-order chi connectivity index (χ1) is 6.57. The lowest BCUT2D eigenvalue weighted by molar-refractivity contribution is -0.0204. The molecule has 0 amide bonds. The number of hydrogen-bond acceptors (Lipinski definition) is 1. The van der Waals surface area contributed by atoms with Gasteiger partial charge in [0.05, 0.1) is 12.7 Å².